The van der Waals surface area contributed by atoms with E-state index in [0.29, 0.717) is 0 Å². The fourth-order valence-corrected chi connectivity index (χ4v) is 2.72. The average Bonchev–Trinajstić information content (AvgIpc) is 2.27. The third-order valence-corrected chi connectivity index (χ3v) is 3.79. The van der Waals surface area contributed by atoms with Gasteiger partial charge in [0.1, 0.15) is 0 Å². The highest BCUT2D eigenvalue weighted by Gasteiger charge is 2.48. The van der Waals surface area contributed by atoms with Gasteiger partial charge >= 0.3 is 0 Å². The molecule has 0 saturated heterocycles. The van der Waals surface area contributed by atoms with Gasteiger partial charge in [-0.2, -0.15) is 5.26 Å². The summed E-state index contributed by atoms with van der Waals surface area (Å²) in [6.07, 6.45) is 6.26. The number of nitrogens with zero attached hydrogens (tertiary/aromatic N) is 1. The van der Waals surface area contributed by atoms with Crippen LogP contribution in [-0.4, -0.2) is 0 Å². The number of rotatable bonds is 1. The Bertz CT molecular complexity index is 189. The topological polar surface area (TPSA) is 23.8 Å². The van der Waals surface area contributed by atoms with E-state index in [-0.39, 0.29) is 5.41 Å². The molecule has 1 unspecified atom stereocenters. The highest BCUT2D eigenvalue weighted by Crippen LogP contribution is 2.56. The first-order valence-electron chi connectivity index (χ1n) is 4.71. The summed E-state index contributed by atoms with van der Waals surface area (Å²) in [6.45, 7) is 2.16. The van der Waals surface area contributed by atoms with Crippen LogP contribution < -0.4 is 0 Å². The van der Waals surface area contributed by atoms with Crippen molar-refractivity contribution >= 4 is 0 Å². The van der Waals surface area contributed by atoms with Gasteiger partial charge in [-0.15, -0.1) is 0 Å². The quantitative estimate of drug-likeness (QED) is 0.562. The van der Waals surface area contributed by atoms with E-state index in [4.69, 9.17) is 5.26 Å². The lowest BCUT2D eigenvalue weighted by molar-refractivity contribution is 0.219. The van der Waals surface area contributed by atoms with Crippen LogP contribution in [0.1, 0.15) is 39.0 Å². The maximum atomic E-state index is 9.03. The second-order valence-electron chi connectivity index (χ2n) is 4.25. The van der Waals surface area contributed by atoms with Crippen LogP contribution in [0.3, 0.4) is 0 Å². The van der Waals surface area contributed by atoms with E-state index in [2.05, 4.69) is 13.0 Å². The molecule has 2 aliphatic carbocycles. The van der Waals surface area contributed by atoms with Crippen molar-refractivity contribution in [3.63, 3.8) is 0 Å². The third-order valence-electron chi connectivity index (χ3n) is 3.79. The van der Waals surface area contributed by atoms with Crippen molar-refractivity contribution in [3.05, 3.63) is 0 Å². The van der Waals surface area contributed by atoms with Gasteiger partial charge in [0.15, 0.2) is 0 Å². The summed E-state index contributed by atoms with van der Waals surface area (Å²) in [7, 11) is 0. The van der Waals surface area contributed by atoms with Crippen LogP contribution >= 0.6 is 0 Å². The Kier molecular flexibility index (Phi) is 1.45. The van der Waals surface area contributed by atoms with Crippen LogP contribution in [0, 0.1) is 28.6 Å². The van der Waals surface area contributed by atoms with Crippen molar-refractivity contribution in [2.45, 2.75) is 39.0 Å². The van der Waals surface area contributed by atoms with E-state index in [0.717, 1.165) is 18.3 Å². The lowest BCUT2D eigenvalue weighted by atomic mass is 9.77. The summed E-state index contributed by atoms with van der Waals surface area (Å²) in [6, 6.07) is 2.53. The third kappa shape index (κ3) is 0.888. The minimum atomic E-state index is 0.0891. The van der Waals surface area contributed by atoms with E-state index in [9.17, 15) is 0 Å². The second-order valence-corrected chi connectivity index (χ2v) is 4.25. The van der Waals surface area contributed by atoms with E-state index in [1.165, 1.54) is 25.7 Å². The standard InChI is InChI=1S/C10H15N/c1-2-10(7-11)5-8-3-4-9(8)6-10/h8-9H,2-6H2,1H3/t8-,9+,10?. The SMILES string of the molecule is CCC1(C#N)C[C@H]2CC[C@H]2C1. The molecule has 0 radical (unpaired) electrons. The van der Waals surface area contributed by atoms with Gasteiger partial charge in [0.05, 0.1) is 11.5 Å². The molecule has 2 saturated carbocycles. The van der Waals surface area contributed by atoms with E-state index < -0.39 is 0 Å². The molecule has 0 spiro atoms. The molecular weight excluding hydrogens is 134 g/mol. The van der Waals surface area contributed by atoms with Gasteiger partial charge in [0.25, 0.3) is 0 Å². The predicted octanol–water partition coefficient (Wildman–Crippen LogP) is 2.73. The molecule has 1 nitrogen and oxygen atoms in total. The molecule has 0 heterocycles. The molecule has 0 aromatic rings. The molecule has 0 aromatic carbocycles. The van der Waals surface area contributed by atoms with Gasteiger partial charge in [0.2, 0.25) is 0 Å². The lowest BCUT2D eigenvalue weighted by Gasteiger charge is -2.29. The zero-order valence-electron chi connectivity index (χ0n) is 7.14. The van der Waals surface area contributed by atoms with Gasteiger partial charge in [-0.1, -0.05) is 6.92 Å². The van der Waals surface area contributed by atoms with Crippen LogP contribution in [0.15, 0.2) is 0 Å². The minimum Gasteiger partial charge on any atom is -0.198 e. The zero-order valence-corrected chi connectivity index (χ0v) is 7.14. The molecule has 2 fully saturated rings. The van der Waals surface area contributed by atoms with Crippen LogP contribution in [0.2, 0.25) is 0 Å². The summed E-state index contributed by atoms with van der Waals surface area (Å²) in [5.41, 5.74) is 0.0891. The molecule has 60 valence electrons. The first-order chi connectivity index (χ1) is 5.29. The number of fused-ring (bicyclic) bond motifs is 1. The second kappa shape index (κ2) is 2.24. The molecule has 2 rings (SSSR count). The fourth-order valence-electron chi connectivity index (χ4n) is 2.72. The first kappa shape index (κ1) is 7.16. The van der Waals surface area contributed by atoms with Gasteiger partial charge in [-0.25, -0.2) is 0 Å². The Hall–Kier alpha value is -0.510. The van der Waals surface area contributed by atoms with Gasteiger partial charge in [-0.05, 0) is 43.9 Å². The average molecular weight is 149 g/mol. The van der Waals surface area contributed by atoms with Crippen LogP contribution in [0.4, 0.5) is 0 Å². The maximum absolute atomic E-state index is 9.03. The van der Waals surface area contributed by atoms with Crippen molar-refractivity contribution in [2.75, 3.05) is 0 Å². The number of hydrogen-bond donors (Lipinski definition) is 0. The Morgan fingerprint density at radius 2 is 1.91 bits per heavy atom. The molecule has 0 bridgehead atoms. The van der Waals surface area contributed by atoms with E-state index in [1.807, 2.05) is 0 Å². The Labute approximate surface area is 68.4 Å². The highest BCUT2D eigenvalue weighted by atomic mass is 14.5. The largest absolute Gasteiger partial charge is 0.198 e. The summed E-state index contributed by atoms with van der Waals surface area (Å²) in [5, 5.41) is 9.03. The first-order valence-corrected chi connectivity index (χ1v) is 4.71. The fraction of sp³-hybridized carbons (Fsp3) is 0.900. The van der Waals surface area contributed by atoms with Crippen molar-refractivity contribution in [2.24, 2.45) is 17.3 Å². The molecule has 0 aromatic heterocycles. The normalized spacial score (nSPS) is 47.6. The van der Waals surface area contributed by atoms with Crippen LogP contribution in [0.5, 0.6) is 0 Å². The minimum absolute atomic E-state index is 0.0891. The molecule has 2 aliphatic rings. The molecule has 0 amide bonds. The maximum Gasteiger partial charge on any atom is 0.0689 e. The van der Waals surface area contributed by atoms with Crippen molar-refractivity contribution in [3.8, 4) is 6.07 Å². The monoisotopic (exact) mass is 149 g/mol. The number of hydrogen-bond acceptors (Lipinski definition) is 1. The number of nitriles is 1. The molecular formula is C10H15N. The van der Waals surface area contributed by atoms with Crippen molar-refractivity contribution < 1.29 is 0 Å². The predicted molar refractivity (Wildman–Crippen MR) is 43.8 cm³/mol. The van der Waals surface area contributed by atoms with Gasteiger partial charge in [0, 0.05) is 0 Å². The summed E-state index contributed by atoms with van der Waals surface area (Å²) < 4.78 is 0. The van der Waals surface area contributed by atoms with Gasteiger partial charge < -0.3 is 0 Å². The Balaban J connectivity index is 2.11. The molecule has 0 aliphatic heterocycles. The molecule has 3 atom stereocenters. The summed E-state index contributed by atoms with van der Waals surface area (Å²) in [5.74, 6) is 1.85. The molecule has 0 N–H and O–H groups in total. The lowest BCUT2D eigenvalue weighted by Crippen LogP contribution is -2.18. The summed E-state index contributed by atoms with van der Waals surface area (Å²) >= 11 is 0. The smallest absolute Gasteiger partial charge is 0.0689 e. The Morgan fingerprint density at radius 3 is 2.18 bits per heavy atom. The van der Waals surface area contributed by atoms with E-state index in [1.54, 1.807) is 0 Å². The van der Waals surface area contributed by atoms with Crippen LogP contribution in [-0.2, 0) is 0 Å². The van der Waals surface area contributed by atoms with E-state index >= 15 is 0 Å². The molecule has 11 heavy (non-hydrogen) atoms. The summed E-state index contributed by atoms with van der Waals surface area (Å²) in [4.78, 5) is 0. The molecule has 1 heteroatoms. The van der Waals surface area contributed by atoms with Crippen LogP contribution in [0.25, 0.3) is 0 Å². The van der Waals surface area contributed by atoms with Crippen molar-refractivity contribution in [1.82, 2.24) is 0 Å². The zero-order chi connectivity index (χ0) is 7.90. The highest BCUT2D eigenvalue weighted by molar-refractivity contribution is 5.08. The van der Waals surface area contributed by atoms with Crippen molar-refractivity contribution in [1.29, 1.82) is 5.26 Å². The van der Waals surface area contributed by atoms with Gasteiger partial charge in [-0.3, -0.25) is 0 Å². The Morgan fingerprint density at radius 1 is 1.36 bits per heavy atom.